The van der Waals surface area contributed by atoms with Crippen molar-refractivity contribution in [1.29, 1.82) is 0 Å². The minimum Gasteiger partial charge on any atom is -0.497 e. The van der Waals surface area contributed by atoms with Gasteiger partial charge in [-0.15, -0.1) is 0 Å². The molecule has 8 heteroatoms. The molecule has 1 aliphatic carbocycles. The van der Waals surface area contributed by atoms with Gasteiger partial charge in [-0.1, -0.05) is 26.0 Å². The highest BCUT2D eigenvalue weighted by atomic mass is 32.2. The third-order valence-electron chi connectivity index (χ3n) is 6.06. The second-order valence-corrected chi connectivity index (χ2v) is 9.54. The maximum Gasteiger partial charge on any atom is 0.336 e. The van der Waals surface area contributed by atoms with E-state index in [9.17, 15) is 14.4 Å². The van der Waals surface area contributed by atoms with Crippen molar-refractivity contribution in [2.45, 2.75) is 33.1 Å². The van der Waals surface area contributed by atoms with Crippen LogP contribution < -0.4 is 10.1 Å². The molecule has 1 aromatic rings. The summed E-state index contributed by atoms with van der Waals surface area (Å²) in [5.74, 6) is -0.933. The van der Waals surface area contributed by atoms with Crippen LogP contribution in [0.3, 0.4) is 0 Å². The van der Waals surface area contributed by atoms with E-state index in [4.69, 9.17) is 14.2 Å². The van der Waals surface area contributed by atoms with E-state index in [1.165, 1.54) is 7.11 Å². The Hall–Kier alpha value is -2.74. The Labute approximate surface area is 198 Å². The second kappa shape index (κ2) is 10.9. The number of rotatable bonds is 8. The number of hydrogen-bond donors (Lipinski definition) is 1. The number of ketones is 1. The van der Waals surface area contributed by atoms with E-state index in [2.05, 4.69) is 5.32 Å². The molecule has 0 fully saturated rings. The standard InChI is InChI=1S/C25H31NO6S/c1-6-33-11-10-32-25(29)20-15(3)26-18-12-14(2)19(24(28)31-5)23(27)22(18)21(20)16-8-7-9-17(13-16)30-4/h7-9,13-14,19,21,26H,6,10-12H2,1-5H3/t14-,19+,21-/m0/s1. The van der Waals surface area contributed by atoms with Gasteiger partial charge in [-0.3, -0.25) is 9.59 Å². The number of methoxy groups -OCH3 is 2. The molecule has 0 amide bonds. The number of carbonyl (C=O) groups excluding carboxylic acids is 3. The molecule has 33 heavy (non-hydrogen) atoms. The maximum atomic E-state index is 13.7. The van der Waals surface area contributed by atoms with Gasteiger partial charge in [-0.05, 0) is 42.7 Å². The number of ether oxygens (including phenoxy) is 3. The van der Waals surface area contributed by atoms with Gasteiger partial charge in [0.1, 0.15) is 18.3 Å². The van der Waals surface area contributed by atoms with E-state index >= 15 is 0 Å². The molecule has 3 rings (SSSR count). The first kappa shape index (κ1) is 24.9. The van der Waals surface area contributed by atoms with Crippen LogP contribution in [0.15, 0.2) is 46.8 Å². The topological polar surface area (TPSA) is 90.9 Å². The lowest BCUT2D eigenvalue weighted by Gasteiger charge is -2.38. The predicted molar refractivity (Wildman–Crippen MR) is 127 cm³/mol. The second-order valence-electron chi connectivity index (χ2n) is 8.14. The lowest BCUT2D eigenvalue weighted by molar-refractivity contribution is -0.151. The molecule has 1 N–H and O–H groups in total. The Kier molecular flexibility index (Phi) is 8.24. The van der Waals surface area contributed by atoms with Crippen LogP contribution in [-0.2, 0) is 23.9 Å². The van der Waals surface area contributed by atoms with Crippen LogP contribution in [0, 0.1) is 11.8 Å². The van der Waals surface area contributed by atoms with E-state index in [0.717, 1.165) is 17.0 Å². The first-order chi connectivity index (χ1) is 15.8. The summed E-state index contributed by atoms with van der Waals surface area (Å²) >= 11 is 1.68. The molecule has 0 unspecified atom stereocenters. The number of dihydropyridines is 1. The molecule has 0 spiro atoms. The summed E-state index contributed by atoms with van der Waals surface area (Å²) < 4.78 is 15.9. The number of benzene rings is 1. The van der Waals surface area contributed by atoms with Crippen LogP contribution in [0.5, 0.6) is 5.75 Å². The third kappa shape index (κ3) is 5.11. The van der Waals surface area contributed by atoms with Crippen molar-refractivity contribution in [2.24, 2.45) is 11.8 Å². The molecule has 3 atom stereocenters. The Morgan fingerprint density at radius 1 is 1.24 bits per heavy atom. The molecule has 2 aliphatic rings. The SMILES string of the molecule is CCSCCOC(=O)C1=C(C)NC2=C(C(=O)[C@H](C(=O)OC)[C@@H](C)C2)[C@H]1c1cccc(OC)c1. The van der Waals surface area contributed by atoms with Crippen molar-refractivity contribution < 1.29 is 28.6 Å². The number of allylic oxidation sites excluding steroid dienone is 3. The van der Waals surface area contributed by atoms with Crippen molar-refractivity contribution in [3.8, 4) is 5.75 Å². The van der Waals surface area contributed by atoms with Gasteiger partial charge in [-0.2, -0.15) is 11.8 Å². The van der Waals surface area contributed by atoms with Crippen molar-refractivity contribution >= 4 is 29.5 Å². The Morgan fingerprint density at radius 3 is 2.67 bits per heavy atom. The zero-order valence-electron chi connectivity index (χ0n) is 19.7. The largest absolute Gasteiger partial charge is 0.497 e. The summed E-state index contributed by atoms with van der Waals surface area (Å²) in [6.45, 7) is 6.00. The number of esters is 2. The van der Waals surface area contributed by atoms with Crippen LogP contribution in [0.4, 0.5) is 0 Å². The first-order valence-corrected chi connectivity index (χ1v) is 12.2. The number of Topliss-reactive ketones (excluding diaryl/α,β-unsaturated/α-hetero) is 1. The highest BCUT2D eigenvalue weighted by molar-refractivity contribution is 7.99. The van der Waals surface area contributed by atoms with Gasteiger partial charge in [-0.25, -0.2) is 4.79 Å². The molecule has 0 saturated heterocycles. The van der Waals surface area contributed by atoms with Gasteiger partial charge in [0, 0.05) is 28.6 Å². The normalized spacial score (nSPS) is 22.5. The zero-order valence-corrected chi connectivity index (χ0v) is 20.5. The van der Waals surface area contributed by atoms with Crippen LogP contribution >= 0.6 is 11.8 Å². The van der Waals surface area contributed by atoms with Crippen molar-refractivity contribution in [1.82, 2.24) is 5.32 Å². The fraction of sp³-hybridized carbons (Fsp3) is 0.480. The molecule has 0 bridgehead atoms. The number of carbonyl (C=O) groups is 3. The van der Waals surface area contributed by atoms with Crippen LogP contribution in [0.25, 0.3) is 0 Å². The quantitative estimate of drug-likeness (QED) is 0.348. The van der Waals surface area contributed by atoms with E-state index in [1.54, 1.807) is 24.9 Å². The highest BCUT2D eigenvalue weighted by Crippen LogP contribution is 2.45. The first-order valence-electron chi connectivity index (χ1n) is 11.1. The summed E-state index contributed by atoms with van der Waals surface area (Å²) in [5, 5.41) is 3.27. The predicted octanol–water partition coefficient (Wildman–Crippen LogP) is 3.60. The monoisotopic (exact) mass is 473 g/mol. The van der Waals surface area contributed by atoms with Crippen molar-refractivity contribution in [3.63, 3.8) is 0 Å². The van der Waals surface area contributed by atoms with Crippen molar-refractivity contribution in [3.05, 3.63) is 52.4 Å². The summed E-state index contributed by atoms with van der Waals surface area (Å²) in [7, 11) is 2.85. The molecule has 1 heterocycles. The van der Waals surface area contributed by atoms with E-state index in [0.29, 0.717) is 34.8 Å². The molecular weight excluding hydrogens is 442 g/mol. The fourth-order valence-electron chi connectivity index (χ4n) is 4.52. The number of nitrogens with one attached hydrogen (secondary N) is 1. The van der Waals surface area contributed by atoms with Gasteiger partial charge < -0.3 is 19.5 Å². The van der Waals surface area contributed by atoms with Crippen LogP contribution in [-0.4, -0.2) is 50.1 Å². The highest BCUT2D eigenvalue weighted by Gasteiger charge is 2.47. The Morgan fingerprint density at radius 2 is 2.00 bits per heavy atom. The molecular formula is C25H31NO6S. The number of thioether (sulfide) groups is 1. The van der Waals surface area contributed by atoms with E-state index in [1.807, 2.05) is 39.0 Å². The summed E-state index contributed by atoms with van der Waals surface area (Å²) in [6, 6.07) is 7.29. The van der Waals surface area contributed by atoms with Gasteiger partial charge in [0.15, 0.2) is 5.78 Å². The van der Waals surface area contributed by atoms with Gasteiger partial charge in [0.05, 0.1) is 19.8 Å². The average Bonchev–Trinajstić information content (AvgIpc) is 2.80. The maximum absolute atomic E-state index is 13.7. The smallest absolute Gasteiger partial charge is 0.336 e. The van der Waals surface area contributed by atoms with E-state index in [-0.39, 0.29) is 18.3 Å². The zero-order chi connectivity index (χ0) is 24.1. The molecule has 0 aromatic heterocycles. The van der Waals surface area contributed by atoms with Crippen LogP contribution in [0.1, 0.15) is 38.7 Å². The molecule has 0 saturated carbocycles. The molecule has 7 nitrogen and oxygen atoms in total. The van der Waals surface area contributed by atoms with Gasteiger partial charge in [0.25, 0.3) is 0 Å². The van der Waals surface area contributed by atoms with Crippen LogP contribution in [0.2, 0.25) is 0 Å². The fourth-order valence-corrected chi connectivity index (χ4v) is 5.01. The Bertz CT molecular complexity index is 998. The van der Waals surface area contributed by atoms with Gasteiger partial charge >= 0.3 is 11.9 Å². The Balaban J connectivity index is 2.09. The van der Waals surface area contributed by atoms with Crippen molar-refractivity contribution in [2.75, 3.05) is 32.3 Å². The third-order valence-corrected chi connectivity index (χ3v) is 6.92. The average molecular weight is 474 g/mol. The lowest BCUT2D eigenvalue weighted by Crippen LogP contribution is -2.43. The molecule has 1 aromatic carbocycles. The number of hydrogen-bond acceptors (Lipinski definition) is 8. The molecule has 0 radical (unpaired) electrons. The summed E-state index contributed by atoms with van der Waals surface area (Å²) in [4.78, 5) is 39.4. The minimum atomic E-state index is -0.916. The van der Waals surface area contributed by atoms with Gasteiger partial charge in [0.2, 0.25) is 0 Å². The summed E-state index contributed by atoms with van der Waals surface area (Å²) in [5.41, 5.74) is 2.89. The van der Waals surface area contributed by atoms with E-state index < -0.39 is 23.8 Å². The lowest BCUT2D eigenvalue weighted by atomic mass is 9.69. The minimum absolute atomic E-state index is 0.227. The molecule has 178 valence electrons. The molecule has 1 aliphatic heterocycles. The summed E-state index contributed by atoms with van der Waals surface area (Å²) in [6.07, 6.45) is 0.494.